The van der Waals surface area contributed by atoms with E-state index >= 15 is 0 Å². The number of benzene rings is 2. The fourth-order valence-corrected chi connectivity index (χ4v) is 2.96. The fourth-order valence-electron chi connectivity index (χ4n) is 2.10. The number of nitrogens with two attached hydrogens (primary N) is 1. The van der Waals surface area contributed by atoms with Gasteiger partial charge in [-0.15, -0.1) is 0 Å². The number of aromatic nitrogens is 1. The van der Waals surface area contributed by atoms with Crippen LogP contribution in [0.3, 0.4) is 0 Å². The molecule has 8 heteroatoms. The van der Waals surface area contributed by atoms with Crippen LogP contribution in [0.5, 0.6) is 5.19 Å². The van der Waals surface area contributed by atoms with E-state index < -0.39 is 17.8 Å². The van der Waals surface area contributed by atoms with E-state index in [1.165, 1.54) is 6.07 Å². The van der Waals surface area contributed by atoms with Crippen molar-refractivity contribution in [3.63, 3.8) is 0 Å². The summed E-state index contributed by atoms with van der Waals surface area (Å²) in [5.74, 6) is -0.961. The second-order valence-corrected chi connectivity index (χ2v) is 6.01. The Hall–Kier alpha value is -3.00. The molecule has 0 fully saturated rings. The van der Waals surface area contributed by atoms with Crippen molar-refractivity contribution >= 4 is 39.2 Å². The number of nitrogens with zero attached hydrogens (tertiary/aromatic N) is 1. The Morgan fingerprint density at radius 2 is 2.04 bits per heavy atom. The number of carbonyl (C=O) groups is 2. The van der Waals surface area contributed by atoms with Gasteiger partial charge in [-0.25, -0.2) is 14.2 Å². The highest BCUT2D eigenvalue weighted by Gasteiger charge is 2.13. The number of amides is 2. The first-order valence-electron chi connectivity index (χ1n) is 6.88. The number of hydrogen-bond acceptors (Lipinski definition) is 5. The molecule has 3 rings (SSSR count). The molecule has 0 spiro atoms. The summed E-state index contributed by atoms with van der Waals surface area (Å²) in [5.41, 5.74) is 6.78. The molecule has 0 radical (unpaired) electrons. The first-order valence-corrected chi connectivity index (χ1v) is 7.69. The van der Waals surface area contributed by atoms with E-state index in [-0.39, 0.29) is 10.9 Å². The Labute approximate surface area is 140 Å². The molecule has 0 saturated heterocycles. The second kappa shape index (κ2) is 6.25. The lowest BCUT2D eigenvalue weighted by Crippen LogP contribution is -2.15. The summed E-state index contributed by atoms with van der Waals surface area (Å²) in [5, 5.41) is 2.63. The Kier molecular flexibility index (Phi) is 4.13. The van der Waals surface area contributed by atoms with Gasteiger partial charge in [-0.2, -0.15) is 0 Å². The van der Waals surface area contributed by atoms with Crippen LogP contribution < -0.4 is 15.8 Å². The number of halogens is 1. The van der Waals surface area contributed by atoms with Crippen LogP contribution in [0.4, 0.5) is 14.9 Å². The van der Waals surface area contributed by atoms with Gasteiger partial charge in [0.1, 0.15) is 5.82 Å². The lowest BCUT2D eigenvalue weighted by Gasteiger charge is -2.07. The number of rotatable bonds is 3. The summed E-state index contributed by atoms with van der Waals surface area (Å²) >= 11 is 1.08. The van der Waals surface area contributed by atoms with Crippen LogP contribution >= 0.6 is 11.3 Å². The molecule has 0 atom stereocenters. The third kappa shape index (κ3) is 3.33. The SMILES string of the molecule is Cc1ccc(F)c(NC(=O)c2ccc3nc(OC(N)=O)sc3c2)c1. The van der Waals surface area contributed by atoms with Gasteiger partial charge in [0.15, 0.2) is 0 Å². The van der Waals surface area contributed by atoms with Gasteiger partial charge >= 0.3 is 6.09 Å². The van der Waals surface area contributed by atoms with Crippen molar-refractivity contribution in [3.05, 3.63) is 53.3 Å². The van der Waals surface area contributed by atoms with Gasteiger partial charge in [0.2, 0.25) is 0 Å². The van der Waals surface area contributed by atoms with Crippen molar-refractivity contribution in [3.8, 4) is 5.19 Å². The maximum atomic E-state index is 13.7. The van der Waals surface area contributed by atoms with Crippen molar-refractivity contribution in [2.24, 2.45) is 5.73 Å². The molecule has 3 N–H and O–H groups in total. The number of hydrogen-bond donors (Lipinski definition) is 2. The molecule has 6 nitrogen and oxygen atoms in total. The zero-order valence-electron chi connectivity index (χ0n) is 12.5. The lowest BCUT2D eigenvalue weighted by molar-refractivity contribution is 0.102. The third-order valence-corrected chi connectivity index (χ3v) is 4.09. The number of ether oxygens (including phenoxy) is 1. The number of anilines is 1. The molecule has 0 saturated carbocycles. The van der Waals surface area contributed by atoms with Gasteiger partial charge in [0.25, 0.3) is 11.1 Å². The monoisotopic (exact) mass is 345 g/mol. The van der Waals surface area contributed by atoms with E-state index in [9.17, 15) is 14.0 Å². The van der Waals surface area contributed by atoms with Crippen molar-refractivity contribution in [1.29, 1.82) is 0 Å². The Morgan fingerprint density at radius 3 is 2.79 bits per heavy atom. The van der Waals surface area contributed by atoms with E-state index in [1.807, 2.05) is 0 Å². The second-order valence-electron chi connectivity index (χ2n) is 5.02. The number of primary amides is 1. The van der Waals surface area contributed by atoms with Crippen LogP contribution in [-0.2, 0) is 0 Å². The molecule has 122 valence electrons. The molecule has 0 bridgehead atoms. The summed E-state index contributed by atoms with van der Waals surface area (Å²) in [6.07, 6.45) is -0.957. The molecular weight excluding hydrogens is 333 g/mol. The Morgan fingerprint density at radius 1 is 1.25 bits per heavy atom. The molecule has 0 unspecified atom stereocenters. The minimum Gasteiger partial charge on any atom is -0.381 e. The number of carbonyl (C=O) groups excluding carboxylic acids is 2. The predicted molar refractivity (Wildman–Crippen MR) is 88.9 cm³/mol. The highest BCUT2D eigenvalue weighted by molar-refractivity contribution is 7.20. The van der Waals surface area contributed by atoms with E-state index in [0.29, 0.717) is 15.8 Å². The van der Waals surface area contributed by atoms with Crippen molar-refractivity contribution in [2.45, 2.75) is 6.92 Å². The van der Waals surface area contributed by atoms with E-state index in [0.717, 1.165) is 16.9 Å². The fraction of sp³-hybridized carbons (Fsp3) is 0.0625. The van der Waals surface area contributed by atoms with Gasteiger partial charge in [-0.05, 0) is 42.8 Å². The van der Waals surface area contributed by atoms with Crippen molar-refractivity contribution in [1.82, 2.24) is 4.98 Å². The zero-order chi connectivity index (χ0) is 17.3. The van der Waals surface area contributed by atoms with Gasteiger partial charge in [-0.3, -0.25) is 4.79 Å². The molecule has 2 amide bonds. The maximum absolute atomic E-state index is 13.7. The van der Waals surface area contributed by atoms with Crippen LogP contribution in [0.25, 0.3) is 10.2 Å². The lowest BCUT2D eigenvalue weighted by atomic mass is 10.1. The largest absolute Gasteiger partial charge is 0.411 e. The summed E-state index contributed by atoms with van der Waals surface area (Å²) in [4.78, 5) is 27.1. The Bertz CT molecular complexity index is 955. The van der Waals surface area contributed by atoms with E-state index in [2.05, 4.69) is 10.3 Å². The molecule has 1 aromatic heterocycles. The van der Waals surface area contributed by atoms with Gasteiger partial charge < -0.3 is 15.8 Å². The third-order valence-electron chi connectivity index (χ3n) is 3.19. The standard InChI is InChI=1S/C16H12FN3O3S/c1-8-2-4-10(17)12(6-8)19-14(21)9-3-5-11-13(7-9)24-16(20-11)23-15(18)22/h2-7H,1H3,(H2,18,22)(H,19,21). The molecular formula is C16H12FN3O3S. The van der Waals surface area contributed by atoms with Crippen molar-refractivity contribution < 1.29 is 18.7 Å². The molecule has 2 aromatic carbocycles. The summed E-state index contributed by atoms with van der Waals surface area (Å²) < 4.78 is 19.1. The summed E-state index contributed by atoms with van der Waals surface area (Å²) in [7, 11) is 0. The smallest absolute Gasteiger partial charge is 0.381 e. The molecule has 0 aliphatic rings. The van der Waals surface area contributed by atoms with Crippen LogP contribution in [0.15, 0.2) is 36.4 Å². The molecule has 24 heavy (non-hydrogen) atoms. The molecule has 0 aliphatic heterocycles. The molecule has 0 aliphatic carbocycles. The first-order chi connectivity index (χ1) is 11.4. The molecule has 1 heterocycles. The number of aryl methyl sites for hydroxylation is 1. The first kappa shape index (κ1) is 15.9. The minimum atomic E-state index is -0.957. The van der Waals surface area contributed by atoms with Gasteiger partial charge in [0, 0.05) is 5.56 Å². The minimum absolute atomic E-state index is 0.0970. The van der Waals surface area contributed by atoms with Crippen LogP contribution in [0.2, 0.25) is 0 Å². The quantitative estimate of drug-likeness (QED) is 0.760. The maximum Gasteiger partial charge on any atom is 0.411 e. The normalized spacial score (nSPS) is 10.6. The average molecular weight is 345 g/mol. The van der Waals surface area contributed by atoms with Crippen LogP contribution in [0.1, 0.15) is 15.9 Å². The van der Waals surface area contributed by atoms with Gasteiger partial charge in [-0.1, -0.05) is 17.4 Å². The number of nitrogens with one attached hydrogen (secondary N) is 1. The van der Waals surface area contributed by atoms with Crippen LogP contribution in [-0.4, -0.2) is 17.0 Å². The topological polar surface area (TPSA) is 94.3 Å². The summed E-state index contributed by atoms with van der Waals surface area (Å²) in [6.45, 7) is 1.80. The predicted octanol–water partition coefficient (Wildman–Crippen LogP) is 3.45. The molecule has 3 aromatic rings. The Balaban J connectivity index is 1.86. The van der Waals surface area contributed by atoms with Gasteiger partial charge in [0.05, 0.1) is 15.9 Å². The van der Waals surface area contributed by atoms with Crippen molar-refractivity contribution in [2.75, 3.05) is 5.32 Å². The zero-order valence-corrected chi connectivity index (χ0v) is 13.3. The van der Waals surface area contributed by atoms with Crippen LogP contribution in [0, 0.1) is 12.7 Å². The highest BCUT2D eigenvalue weighted by Crippen LogP contribution is 2.29. The van der Waals surface area contributed by atoms with E-state index in [1.54, 1.807) is 37.3 Å². The average Bonchev–Trinajstić information content (AvgIpc) is 2.91. The summed E-state index contributed by atoms with van der Waals surface area (Å²) in [6, 6.07) is 9.22. The highest BCUT2D eigenvalue weighted by atomic mass is 32.1. The number of fused-ring (bicyclic) bond motifs is 1. The van der Waals surface area contributed by atoms with E-state index in [4.69, 9.17) is 10.5 Å². The number of thiazole rings is 1.